The van der Waals surface area contributed by atoms with E-state index in [2.05, 4.69) is 55.5 Å². The van der Waals surface area contributed by atoms with Gasteiger partial charge in [-0.25, -0.2) is 0 Å². The molecule has 4 aromatic rings. The Labute approximate surface area is 229 Å². The van der Waals surface area contributed by atoms with Gasteiger partial charge in [0.15, 0.2) is 0 Å². The van der Waals surface area contributed by atoms with E-state index in [1.807, 2.05) is 24.3 Å². The maximum Gasteiger partial charge on any atom is 0.120 e. The minimum Gasteiger partial charge on any atom is -0.494 e. The Balaban J connectivity index is 0.890. The third-order valence-corrected chi connectivity index (χ3v) is 7.10. The summed E-state index contributed by atoms with van der Waals surface area (Å²) >= 11 is 0. The first-order valence-electron chi connectivity index (χ1n) is 14.0. The van der Waals surface area contributed by atoms with Gasteiger partial charge in [0.05, 0.1) is 25.9 Å². The first-order chi connectivity index (χ1) is 19.2. The van der Waals surface area contributed by atoms with Crippen LogP contribution < -0.4 is 18.9 Å². The summed E-state index contributed by atoms with van der Waals surface area (Å²) in [5.41, 5.74) is 0. The molecule has 6 heteroatoms. The molecule has 2 saturated heterocycles. The summed E-state index contributed by atoms with van der Waals surface area (Å²) in [5.74, 6) is 3.57. The summed E-state index contributed by atoms with van der Waals surface area (Å²) < 4.78 is 34.2. The number of fused-ring (bicyclic) bond motifs is 2. The van der Waals surface area contributed by atoms with Crippen LogP contribution in [0.15, 0.2) is 72.8 Å². The molecule has 0 aromatic heterocycles. The standard InChI is InChI=1S/C33H36O6/c1-23(39-31-13-9-26-17-30(12-8-27(26)18-31)36-20-33-22-38-33)5-3-2-4-14-34-28-10-6-25-16-29(11-7-24(25)15-28)35-19-32-21-37-32/h6-13,15-18,23,32-33H,2-5,14,19-22H2,1H3. The number of epoxide rings is 2. The number of hydrogen-bond acceptors (Lipinski definition) is 6. The molecule has 2 aliphatic rings. The van der Waals surface area contributed by atoms with Crippen molar-refractivity contribution in [3.8, 4) is 23.0 Å². The lowest BCUT2D eigenvalue weighted by molar-refractivity contribution is 0.205. The van der Waals surface area contributed by atoms with E-state index in [1.165, 1.54) is 0 Å². The summed E-state index contributed by atoms with van der Waals surface area (Å²) in [6.45, 7) is 5.71. The van der Waals surface area contributed by atoms with Gasteiger partial charge in [-0.1, -0.05) is 24.3 Å². The average Bonchev–Trinajstić information content (AvgIpc) is 3.88. The second-order valence-electron chi connectivity index (χ2n) is 10.5. The SMILES string of the molecule is CC(CCCCCOc1ccc2cc(OCC3CO3)ccc2c1)Oc1ccc2cc(OCC3CO3)ccc2c1. The van der Waals surface area contributed by atoms with Crippen LogP contribution in [0, 0.1) is 0 Å². The van der Waals surface area contributed by atoms with Crippen LogP contribution in [0.4, 0.5) is 0 Å². The van der Waals surface area contributed by atoms with E-state index in [0.29, 0.717) is 19.8 Å². The van der Waals surface area contributed by atoms with E-state index in [0.717, 1.165) is 83.4 Å². The smallest absolute Gasteiger partial charge is 0.120 e. The molecule has 6 nitrogen and oxygen atoms in total. The quantitative estimate of drug-likeness (QED) is 0.123. The predicted octanol–water partition coefficient (Wildman–Crippen LogP) is 6.95. The van der Waals surface area contributed by atoms with Gasteiger partial charge in [-0.05, 0) is 103 Å². The molecule has 39 heavy (non-hydrogen) atoms. The van der Waals surface area contributed by atoms with Gasteiger partial charge in [0, 0.05) is 0 Å². The number of ether oxygens (including phenoxy) is 6. The summed E-state index contributed by atoms with van der Waals surface area (Å²) in [6.07, 6.45) is 4.94. The summed E-state index contributed by atoms with van der Waals surface area (Å²) in [6, 6.07) is 24.8. The Morgan fingerprint density at radius 2 is 1.08 bits per heavy atom. The Bertz CT molecular complexity index is 1390. The molecule has 3 atom stereocenters. The van der Waals surface area contributed by atoms with E-state index in [-0.39, 0.29) is 18.3 Å². The molecule has 3 unspecified atom stereocenters. The topological polar surface area (TPSA) is 62.0 Å². The lowest BCUT2D eigenvalue weighted by Crippen LogP contribution is -2.11. The van der Waals surface area contributed by atoms with E-state index in [9.17, 15) is 0 Å². The van der Waals surface area contributed by atoms with Gasteiger partial charge in [0.1, 0.15) is 48.4 Å². The molecule has 0 radical (unpaired) electrons. The van der Waals surface area contributed by atoms with Gasteiger partial charge in [-0.3, -0.25) is 0 Å². The molecular formula is C33H36O6. The van der Waals surface area contributed by atoms with Crippen LogP contribution in [-0.2, 0) is 9.47 Å². The Morgan fingerprint density at radius 3 is 1.59 bits per heavy atom. The highest BCUT2D eigenvalue weighted by molar-refractivity contribution is 5.86. The van der Waals surface area contributed by atoms with Crippen molar-refractivity contribution < 1.29 is 28.4 Å². The average molecular weight is 529 g/mol. The first kappa shape index (κ1) is 25.8. The molecule has 2 aliphatic heterocycles. The molecule has 0 N–H and O–H groups in total. The fourth-order valence-corrected chi connectivity index (χ4v) is 4.65. The number of benzene rings is 4. The number of rotatable bonds is 15. The molecule has 0 spiro atoms. The maximum atomic E-state index is 6.20. The predicted molar refractivity (Wildman–Crippen MR) is 152 cm³/mol. The van der Waals surface area contributed by atoms with E-state index < -0.39 is 0 Å². The van der Waals surface area contributed by atoms with Gasteiger partial charge in [0.2, 0.25) is 0 Å². The summed E-state index contributed by atoms with van der Waals surface area (Å²) in [4.78, 5) is 0. The van der Waals surface area contributed by atoms with Crippen molar-refractivity contribution in [3.05, 3.63) is 72.8 Å². The minimum atomic E-state index is 0.163. The lowest BCUT2D eigenvalue weighted by Gasteiger charge is -2.15. The molecule has 0 bridgehead atoms. The zero-order valence-corrected chi connectivity index (χ0v) is 22.5. The molecule has 204 valence electrons. The fourth-order valence-electron chi connectivity index (χ4n) is 4.65. The Morgan fingerprint density at radius 1 is 0.615 bits per heavy atom. The fraction of sp³-hybridized carbons (Fsp3) is 0.394. The summed E-state index contributed by atoms with van der Waals surface area (Å²) in [5, 5.41) is 4.60. The van der Waals surface area contributed by atoms with Crippen molar-refractivity contribution >= 4 is 21.5 Å². The molecule has 0 aliphatic carbocycles. The number of unbranched alkanes of at least 4 members (excludes halogenated alkanes) is 2. The molecule has 4 aromatic carbocycles. The van der Waals surface area contributed by atoms with Gasteiger partial charge < -0.3 is 28.4 Å². The largest absolute Gasteiger partial charge is 0.494 e. The van der Waals surface area contributed by atoms with Crippen LogP contribution in [0.3, 0.4) is 0 Å². The van der Waals surface area contributed by atoms with E-state index in [1.54, 1.807) is 0 Å². The normalized spacial score (nSPS) is 18.6. The first-order valence-corrected chi connectivity index (χ1v) is 14.0. The zero-order chi connectivity index (χ0) is 26.4. The van der Waals surface area contributed by atoms with Crippen molar-refractivity contribution in [1.82, 2.24) is 0 Å². The minimum absolute atomic E-state index is 0.163. The zero-order valence-electron chi connectivity index (χ0n) is 22.5. The molecule has 2 heterocycles. The van der Waals surface area contributed by atoms with Gasteiger partial charge in [0.25, 0.3) is 0 Å². The molecule has 0 saturated carbocycles. The highest BCUT2D eigenvalue weighted by Gasteiger charge is 2.23. The maximum absolute atomic E-state index is 6.20. The lowest BCUT2D eigenvalue weighted by atomic mass is 10.1. The van der Waals surface area contributed by atoms with Crippen molar-refractivity contribution in [2.24, 2.45) is 0 Å². The van der Waals surface area contributed by atoms with Crippen molar-refractivity contribution in [2.75, 3.05) is 33.0 Å². The molecule has 2 fully saturated rings. The van der Waals surface area contributed by atoms with Crippen LogP contribution in [0.25, 0.3) is 21.5 Å². The van der Waals surface area contributed by atoms with Crippen molar-refractivity contribution in [2.45, 2.75) is 50.9 Å². The van der Waals surface area contributed by atoms with Crippen LogP contribution in [0.1, 0.15) is 32.6 Å². The second kappa shape index (κ2) is 12.1. The van der Waals surface area contributed by atoms with Crippen LogP contribution in [0.5, 0.6) is 23.0 Å². The van der Waals surface area contributed by atoms with Crippen LogP contribution in [0.2, 0.25) is 0 Å². The number of hydrogen-bond donors (Lipinski definition) is 0. The monoisotopic (exact) mass is 528 g/mol. The Kier molecular flexibility index (Phi) is 8.03. The Hall–Kier alpha value is -3.48. The van der Waals surface area contributed by atoms with Crippen molar-refractivity contribution in [1.29, 1.82) is 0 Å². The van der Waals surface area contributed by atoms with Crippen LogP contribution in [-0.4, -0.2) is 51.3 Å². The van der Waals surface area contributed by atoms with Gasteiger partial charge >= 0.3 is 0 Å². The van der Waals surface area contributed by atoms with Gasteiger partial charge in [-0.15, -0.1) is 0 Å². The third-order valence-electron chi connectivity index (χ3n) is 7.10. The van der Waals surface area contributed by atoms with E-state index >= 15 is 0 Å². The second-order valence-corrected chi connectivity index (χ2v) is 10.5. The highest BCUT2D eigenvalue weighted by Crippen LogP contribution is 2.28. The highest BCUT2D eigenvalue weighted by atomic mass is 16.6. The third kappa shape index (κ3) is 7.55. The van der Waals surface area contributed by atoms with Gasteiger partial charge in [-0.2, -0.15) is 0 Å². The molecular weight excluding hydrogens is 492 g/mol. The van der Waals surface area contributed by atoms with Crippen LogP contribution >= 0.6 is 0 Å². The van der Waals surface area contributed by atoms with Crippen molar-refractivity contribution in [3.63, 3.8) is 0 Å². The molecule has 6 rings (SSSR count). The van der Waals surface area contributed by atoms with E-state index in [4.69, 9.17) is 28.4 Å². The summed E-state index contributed by atoms with van der Waals surface area (Å²) in [7, 11) is 0. The molecule has 0 amide bonds.